The molecule has 10 atom stereocenters. The van der Waals surface area contributed by atoms with E-state index in [2.05, 4.69) is 45.1 Å². The van der Waals surface area contributed by atoms with Gasteiger partial charge in [-0.2, -0.15) is 0 Å². The van der Waals surface area contributed by atoms with Gasteiger partial charge < -0.3 is 36.0 Å². The molecule has 60 heavy (non-hydrogen) atoms. The topological polar surface area (TPSA) is 160 Å². The second-order valence-corrected chi connectivity index (χ2v) is 19.1. The second kappa shape index (κ2) is 18.4. The Labute approximate surface area is 377 Å². The fraction of sp³-hybridized carbons (Fsp3) is 0.667. The third-order valence-corrected chi connectivity index (χ3v) is 16.9. The van der Waals surface area contributed by atoms with Gasteiger partial charge in [-0.3, -0.25) is 19.3 Å². The Morgan fingerprint density at radius 3 is 1.67 bits per heavy atom. The Kier molecular flexibility index (Phi) is 14.5. The first-order chi connectivity index (χ1) is 27.2. The molecule has 0 aromatic heterocycles. The van der Waals surface area contributed by atoms with Gasteiger partial charge in [-0.1, -0.05) is 36.4 Å². The van der Waals surface area contributed by atoms with Crippen molar-refractivity contribution < 1.29 is 34.4 Å². The van der Waals surface area contributed by atoms with Crippen LogP contribution in [-0.4, -0.2) is 97.1 Å². The Hall–Kier alpha value is -2.35. The van der Waals surface area contributed by atoms with E-state index in [1.54, 1.807) is 0 Å². The molecule has 0 amide bonds. The van der Waals surface area contributed by atoms with Gasteiger partial charge in [0.15, 0.2) is 0 Å². The molecule has 0 radical (unpaired) electrons. The largest absolute Gasteiger partial charge is 0.492 e. The summed E-state index contributed by atoms with van der Waals surface area (Å²) in [6, 6.07) is 16.5. The Morgan fingerprint density at radius 2 is 1.15 bits per heavy atom. The van der Waals surface area contributed by atoms with Gasteiger partial charge in [0.25, 0.3) is 0 Å². The predicted octanol–water partition coefficient (Wildman–Crippen LogP) is 5.40. The van der Waals surface area contributed by atoms with Gasteiger partial charge in [-0.25, -0.2) is 0 Å². The van der Waals surface area contributed by atoms with E-state index in [9.17, 15) is 29.7 Å². The number of nitrogens with one attached hydrogen (secondary N) is 3. The molecule has 332 valence electrons. The molecule has 9 fully saturated rings. The number of carboxylic acids is 3. The Morgan fingerprint density at radius 1 is 0.667 bits per heavy atom. The SMILES string of the molecule is Cl.Cl.Cl.Cl.O=C(O)[C@@H](Cc1cccc(CN(CCOc2cccc(C[C@H](C(=O)O)[C@H]3CCNC3)c2)CC23C4C5C6C4C2C6(C[C@H](C(=O)O)[C@H]2CCNC2)C53)c1)[C@H]1CCNC1. The standard InChI is InChI=1S/C45H58N4O7.4ClH/c50-41(51)32(28-7-10-46-20-28)17-25-3-1-5-27(15-25)23-49(13-14-56-31-6-2-4-26(16-31)18-33(42(52)53)29-8-11-47-21-29)24-45-38-35-37-36(38)40(45)44(37,39(35)45)19-34(43(54)55)30-9-12-48-22-30;;;;/h1-6,15-16,28-30,32-40,46-48H,7-14,17-24H2,(H,50,51)(H,52,53)(H,54,55);4*1H/t28-,29-,30-,32-,33-,34-,35?,36?,37?,38?,39?,40?,44?,45?;;;;/m0..../s1. The van der Waals surface area contributed by atoms with Crippen molar-refractivity contribution in [2.75, 3.05) is 59.0 Å². The van der Waals surface area contributed by atoms with Gasteiger partial charge in [0.05, 0.1) is 17.8 Å². The van der Waals surface area contributed by atoms with E-state index < -0.39 is 29.7 Å². The summed E-state index contributed by atoms with van der Waals surface area (Å²) in [5.74, 6) is 2.61. The molecule has 6 N–H and O–H groups in total. The lowest BCUT2D eigenvalue weighted by molar-refractivity contribution is -0.661. The van der Waals surface area contributed by atoms with Crippen molar-refractivity contribution >= 4 is 67.5 Å². The molecule has 3 heterocycles. The molecule has 2 aromatic carbocycles. The zero-order chi connectivity index (χ0) is 38.3. The average Bonchev–Trinajstić information content (AvgIpc) is 4.01. The minimum Gasteiger partial charge on any atom is -0.492 e. The zero-order valence-electron chi connectivity index (χ0n) is 33.9. The van der Waals surface area contributed by atoms with Crippen molar-refractivity contribution in [3.63, 3.8) is 0 Å². The van der Waals surface area contributed by atoms with Gasteiger partial charge in [-0.05, 0) is 171 Å². The van der Waals surface area contributed by atoms with Crippen LogP contribution in [0, 0.1) is 81.8 Å². The summed E-state index contributed by atoms with van der Waals surface area (Å²) in [5, 5.41) is 40.6. The van der Waals surface area contributed by atoms with Gasteiger partial charge in [0.1, 0.15) is 12.4 Å². The van der Waals surface area contributed by atoms with E-state index in [0.29, 0.717) is 36.7 Å². The van der Waals surface area contributed by atoms with Gasteiger partial charge in [0.2, 0.25) is 0 Å². The number of aliphatic carboxylic acids is 3. The minimum atomic E-state index is -0.739. The third kappa shape index (κ3) is 7.32. The first-order valence-corrected chi connectivity index (χ1v) is 21.5. The number of rotatable bonds is 20. The van der Waals surface area contributed by atoms with Crippen LogP contribution in [0.3, 0.4) is 0 Å². The van der Waals surface area contributed by atoms with Crippen LogP contribution in [0.1, 0.15) is 42.4 Å². The molecule has 11 rings (SSSR count). The van der Waals surface area contributed by atoms with Crippen molar-refractivity contribution in [3.8, 4) is 5.75 Å². The highest BCUT2D eigenvalue weighted by Gasteiger charge is 3.09. The fourth-order valence-electron chi connectivity index (χ4n) is 14.9. The van der Waals surface area contributed by atoms with Gasteiger partial charge in [0, 0.05) is 19.6 Å². The molecular formula is C45H62Cl4N4O7. The first-order valence-electron chi connectivity index (χ1n) is 21.5. The number of carbonyl (C=O) groups is 3. The smallest absolute Gasteiger partial charge is 0.307 e. The van der Waals surface area contributed by atoms with E-state index in [1.165, 1.54) is 5.56 Å². The van der Waals surface area contributed by atoms with E-state index in [4.69, 9.17) is 4.74 Å². The monoisotopic (exact) mass is 910 g/mol. The maximum absolute atomic E-state index is 12.6. The lowest BCUT2D eigenvalue weighted by Gasteiger charge is -3.12. The van der Waals surface area contributed by atoms with Crippen LogP contribution in [-0.2, 0) is 33.8 Å². The van der Waals surface area contributed by atoms with Crippen molar-refractivity contribution in [3.05, 3.63) is 65.2 Å². The number of halogens is 4. The number of nitrogens with zero attached hydrogens (tertiary/aromatic N) is 1. The van der Waals surface area contributed by atoms with Crippen LogP contribution < -0.4 is 20.7 Å². The average molecular weight is 913 g/mol. The molecule has 6 aliphatic carbocycles. The maximum atomic E-state index is 12.6. The molecule has 15 heteroatoms. The van der Waals surface area contributed by atoms with Crippen LogP contribution in [0.2, 0.25) is 0 Å². The quantitative estimate of drug-likeness (QED) is 0.101. The highest BCUT2D eigenvalue weighted by Crippen LogP contribution is 3.11. The van der Waals surface area contributed by atoms with Crippen molar-refractivity contribution in [2.45, 2.75) is 45.1 Å². The van der Waals surface area contributed by atoms with E-state index in [1.807, 2.05) is 24.3 Å². The third-order valence-electron chi connectivity index (χ3n) is 16.9. The van der Waals surface area contributed by atoms with E-state index >= 15 is 0 Å². The lowest BCUT2D eigenvalue weighted by atomic mass is 8.91. The van der Waals surface area contributed by atoms with Crippen molar-refractivity contribution in [1.82, 2.24) is 20.9 Å². The normalized spacial score (nSPS) is 35.5. The van der Waals surface area contributed by atoms with Crippen LogP contribution in [0.15, 0.2) is 48.5 Å². The molecule has 6 saturated carbocycles. The maximum Gasteiger partial charge on any atom is 0.307 e. The van der Waals surface area contributed by atoms with Gasteiger partial charge in [-0.15, -0.1) is 49.6 Å². The molecule has 2 aromatic rings. The molecular weight excluding hydrogens is 850 g/mol. The van der Waals surface area contributed by atoms with Gasteiger partial charge >= 0.3 is 17.9 Å². The highest BCUT2D eigenvalue weighted by molar-refractivity contribution is 5.86. The highest BCUT2D eigenvalue weighted by atomic mass is 35.5. The van der Waals surface area contributed by atoms with Crippen LogP contribution >= 0.6 is 49.6 Å². The molecule has 0 bridgehead atoms. The molecule has 0 spiro atoms. The number of carboxylic acid groups (broad SMARTS) is 3. The molecule has 4 unspecified atom stereocenters. The lowest BCUT2D eigenvalue weighted by Crippen LogP contribution is -3.10. The fourth-order valence-corrected chi connectivity index (χ4v) is 14.9. The summed E-state index contributed by atoms with van der Waals surface area (Å²) in [5.41, 5.74) is 3.78. The summed E-state index contributed by atoms with van der Waals surface area (Å²) >= 11 is 0. The second-order valence-electron chi connectivity index (χ2n) is 19.1. The minimum absolute atomic E-state index is 0. The summed E-state index contributed by atoms with van der Waals surface area (Å²) in [6.45, 7) is 7.97. The molecule has 9 aliphatic rings. The molecule has 11 nitrogen and oxygen atoms in total. The van der Waals surface area contributed by atoms with Crippen molar-refractivity contribution in [2.24, 2.45) is 81.8 Å². The number of benzene rings is 2. The van der Waals surface area contributed by atoms with E-state index in [-0.39, 0.29) is 78.7 Å². The summed E-state index contributed by atoms with van der Waals surface area (Å²) in [6.07, 6.45) is 4.62. The summed E-state index contributed by atoms with van der Waals surface area (Å²) < 4.78 is 6.44. The summed E-state index contributed by atoms with van der Waals surface area (Å²) in [4.78, 5) is 39.7. The van der Waals surface area contributed by atoms with Crippen molar-refractivity contribution in [1.29, 1.82) is 0 Å². The Balaban J connectivity index is 0.00000151. The van der Waals surface area contributed by atoms with E-state index in [0.717, 1.165) is 125 Å². The molecule has 3 saturated heterocycles. The predicted molar refractivity (Wildman–Crippen MR) is 237 cm³/mol. The number of hydrogen-bond acceptors (Lipinski definition) is 8. The van der Waals surface area contributed by atoms with Crippen LogP contribution in [0.5, 0.6) is 5.75 Å². The van der Waals surface area contributed by atoms with Crippen LogP contribution in [0.4, 0.5) is 0 Å². The first kappa shape index (κ1) is 47.1. The molecule has 3 aliphatic heterocycles. The van der Waals surface area contributed by atoms with Crippen LogP contribution in [0.25, 0.3) is 0 Å². The zero-order valence-corrected chi connectivity index (χ0v) is 37.2. The number of ether oxygens (including phenoxy) is 1. The Bertz CT molecular complexity index is 1850. The summed E-state index contributed by atoms with van der Waals surface area (Å²) in [7, 11) is 0. The number of hydrogen-bond donors (Lipinski definition) is 6.